The number of Topliss-reactive ketones (excluding diaryl/α,β-unsaturated/α-hetero) is 1. The van der Waals surface area contributed by atoms with Gasteiger partial charge in [0.2, 0.25) is 0 Å². The number of carbonyl (C=O) groups excluding carboxylic acids is 3. The molecule has 0 heterocycles. The SMILES string of the molecule is CC(CC(=O)C(CCC(=O)OCc1ccccc1)NC(=O)OC(C)(C)C)C[C@H](N)C(=O)O. The van der Waals surface area contributed by atoms with Gasteiger partial charge in [-0.15, -0.1) is 0 Å². The molecule has 1 aromatic carbocycles. The van der Waals surface area contributed by atoms with E-state index in [1.54, 1.807) is 27.7 Å². The Morgan fingerprint density at radius 2 is 1.75 bits per heavy atom. The number of hydrogen-bond acceptors (Lipinski definition) is 7. The van der Waals surface area contributed by atoms with Crippen LogP contribution < -0.4 is 11.1 Å². The zero-order valence-electron chi connectivity index (χ0n) is 19.1. The molecule has 0 saturated heterocycles. The Morgan fingerprint density at radius 1 is 1.12 bits per heavy atom. The van der Waals surface area contributed by atoms with Crippen LogP contribution in [0.2, 0.25) is 0 Å². The summed E-state index contributed by atoms with van der Waals surface area (Å²) in [6, 6.07) is 7.12. The van der Waals surface area contributed by atoms with Gasteiger partial charge in [-0.25, -0.2) is 4.79 Å². The Kier molecular flexibility index (Phi) is 10.8. The summed E-state index contributed by atoms with van der Waals surface area (Å²) in [5.41, 5.74) is 5.62. The van der Waals surface area contributed by atoms with E-state index in [2.05, 4.69) is 5.32 Å². The fraction of sp³-hybridized carbons (Fsp3) is 0.565. The molecule has 9 heteroatoms. The Balaban J connectivity index is 2.69. The van der Waals surface area contributed by atoms with Crippen molar-refractivity contribution in [2.45, 2.75) is 77.7 Å². The number of hydrogen-bond donors (Lipinski definition) is 3. The molecule has 0 aliphatic carbocycles. The molecule has 4 N–H and O–H groups in total. The molecule has 1 rings (SSSR count). The maximum Gasteiger partial charge on any atom is 0.408 e. The molecule has 0 fully saturated rings. The van der Waals surface area contributed by atoms with Crippen LogP contribution in [-0.4, -0.2) is 46.6 Å². The largest absolute Gasteiger partial charge is 0.480 e. The number of nitrogens with one attached hydrogen (secondary N) is 1. The minimum absolute atomic E-state index is 0.000503. The first-order valence-electron chi connectivity index (χ1n) is 10.6. The van der Waals surface area contributed by atoms with Crippen molar-refractivity contribution >= 4 is 23.8 Å². The monoisotopic (exact) mass is 450 g/mol. The molecule has 0 aliphatic rings. The highest BCUT2D eigenvalue weighted by Gasteiger charge is 2.27. The van der Waals surface area contributed by atoms with Gasteiger partial charge in [0, 0.05) is 12.8 Å². The smallest absolute Gasteiger partial charge is 0.408 e. The van der Waals surface area contributed by atoms with E-state index < -0.39 is 35.7 Å². The van der Waals surface area contributed by atoms with Crippen molar-refractivity contribution in [1.29, 1.82) is 0 Å². The lowest BCUT2D eigenvalue weighted by atomic mass is 9.93. The van der Waals surface area contributed by atoms with Crippen molar-refractivity contribution < 1.29 is 33.8 Å². The molecule has 0 aliphatic heterocycles. The fourth-order valence-corrected chi connectivity index (χ4v) is 2.94. The van der Waals surface area contributed by atoms with Gasteiger partial charge < -0.3 is 25.6 Å². The molecular formula is C23H34N2O7. The lowest BCUT2D eigenvalue weighted by Crippen LogP contribution is -2.44. The average Bonchev–Trinajstić information content (AvgIpc) is 2.68. The van der Waals surface area contributed by atoms with Gasteiger partial charge in [-0.3, -0.25) is 14.4 Å². The van der Waals surface area contributed by atoms with Gasteiger partial charge in [0.25, 0.3) is 0 Å². The molecule has 32 heavy (non-hydrogen) atoms. The molecule has 0 radical (unpaired) electrons. The first kappa shape index (κ1) is 27.1. The number of rotatable bonds is 12. The van der Waals surface area contributed by atoms with Crippen molar-refractivity contribution in [3.63, 3.8) is 0 Å². The highest BCUT2D eigenvalue weighted by Crippen LogP contribution is 2.15. The summed E-state index contributed by atoms with van der Waals surface area (Å²) in [7, 11) is 0. The van der Waals surface area contributed by atoms with E-state index in [1.165, 1.54) is 0 Å². The van der Waals surface area contributed by atoms with Crippen molar-refractivity contribution in [2.75, 3.05) is 0 Å². The van der Waals surface area contributed by atoms with E-state index in [4.69, 9.17) is 20.3 Å². The maximum absolute atomic E-state index is 12.8. The standard InChI is InChI=1S/C23H34N2O7/c1-15(12-17(24)21(28)29)13-19(26)18(25-22(30)32-23(2,3)4)10-11-20(27)31-14-16-8-6-5-7-9-16/h5-9,15,17-18H,10-14,24H2,1-4H3,(H,25,30)(H,28,29)/t15?,17-,18?/m0/s1. The number of ketones is 1. The molecule has 0 spiro atoms. The predicted octanol–water partition coefficient (Wildman–Crippen LogP) is 2.80. The third-order valence-corrected chi connectivity index (χ3v) is 4.48. The van der Waals surface area contributed by atoms with E-state index in [1.807, 2.05) is 30.3 Å². The molecule has 1 amide bonds. The predicted molar refractivity (Wildman–Crippen MR) is 118 cm³/mol. The second-order valence-corrected chi connectivity index (χ2v) is 8.84. The lowest BCUT2D eigenvalue weighted by molar-refractivity contribution is -0.145. The second kappa shape index (κ2) is 12.8. The zero-order chi connectivity index (χ0) is 24.3. The zero-order valence-corrected chi connectivity index (χ0v) is 19.1. The van der Waals surface area contributed by atoms with Crippen molar-refractivity contribution in [3.8, 4) is 0 Å². The van der Waals surface area contributed by atoms with Crippen LogP contribution in [0.3, 0.4) is 0 Å². The topological polar surface area (TPSA) is 145 Å². The third kappa shape index (κ3) is 11.5. The minimum Gasteiger partial charge on any atom is -0.480 e. The Hall–Kier alpha value is -2.94. The van der Waals surface area contributed by atoms with Crippen LogP contribution >= 0.6 is 0 Å². The van der Waals surface area contributed by atoms with Crippen LogP contribution in [0.15, 0.2) is 30.3 Å². The molecule has 178 valence electrons. The Morgan fingerprint density at radius 3 is 2.31 bits per heavy atom. The molecule has 3 atom stereocenters. The molecular weight excluding hydrogens is 416 g/mol. The summed E-state index contributed by atoms with van der Waals surface area (Å²) in [6.45, 7) is 6.90. The van der Waals surface area contributed by atoms with Gasteiger partial charge in [-0.05, 0) is 45.1 Å². The third-order valence-electron chi connectivity index (χ3n) is 4.48. The summed E-state index contributed by atoms with van der Waals surface area (Å²) < 4.78 is 10.4. The number of esters is 1. The number of aliphatic carboxylic acids is 1. The average molecular weight is 451 g/mol. The highest BCUT2D eigenvalue weighted by molar-refractivity contribution is 5.88. The Labute approximate surface area is 188 Å². The van der Waals surface area contributed by atoms with E-state index in [-0.39, 0.29) is 44.0 Å². The quantitative estimate of drug-likeness (QED) is 0.412. The van der Waals surface area contributed by atoms with Crippen LogP contribution in [0, 0.1) is 5.92 Å². The molecule has 1 aromatic rings. The number of carboxylic acid groups (broad SMARTS) is 1. The van der Waals surface area contributed by atoms with Crippen LogP contribution in [-0.2, 0) is 30.5 Å². The van der Waals surface area contributed by atoms with Crippen LogP contribution in [0.4, 0.5) is 4.79 Å². The van der Waals surface area contributed by atoms with Gasteiger partial charge in [-0.2, -0.15) is 0 Å². The molecule has 0 saturated carbocycles. The summed E-state index contributed by atoms with van der Waals surface area (Å²) in [6.07, 6.45) is -0.714. The minimum atomic E-state index is -1.14. The van der Waals surface area contributed by atoms with Gasteiger partial charge >= 0.3 is 18.0 Å². The summed E-state index contributed by atoms with van der Waals surface area (Å²) in [4.78, 5) is 48.1. The van der Waals surface area contributed by atoms with Gasteiger partial charge in [0.15, 0.2) is 5.78 Å². The van der Waals surface area contributed by atoms with E-state index in [9.17, 15) is 19.2 Å². The molecule has 2 unspecified atom stereocenters. The number of benzene rings is 1. The van der Waals surface area contributed by atoms with Gasteiger partial charge in [0.1, 0.15) is 18.2 Å². The van der Waals surface area contributed by atoms with Crippen LogP contribution in [0.25, 0.3) is 0 Å². The lowest BCUT2D eigenvalue weighted by Gasteiger charge is -2.24. The molecule has 9 nitrogen and oxygen atoms in total. The number of alkyl carbamates (subject to hydrolysis) is 1. The van der Waals surface area contributed by atoms with E-state index in [0.29, 0.717) is 0 Å². The number of amides is 1. The van der Waals surface area contributed by atoms with Gasteiger partial charge in [-0.1, -0.05) is 37.3 Å². The highest BCUT2D eigenvalue weighted by atomic mass is 16.6. The number of carboxylic acids is 1. The van der Waals surface area contributed by atoms with Crippen molar-refractivity contribution in [2.24, 2.45) is 11.7 Å². The maximum atomic E-state index is 12.8. The van der Waals surface area contributed by atoms with E-state index >= 15 is 0 Å². The first-order chi connectivity index (χ1) is 14.9. The second-order valence-electron chi connectivity index (χ2n) is 8.84. The van der Waals surface area contributed by atoms with E-state index in [0.717, 1.165) is 5.56 Å². The summed E-state index contributed by atoms with van der Waals surface area (Å²) in [5.74, 6) is -2.30. The summed E-state index contributed by atoms with van der Waals surface area (Å²) >= 11 is 0. The van der Waals surface area contributed by atoms with Crippen LogP contribution in [0.5, 0.6) is 0 Å². The Bertz CT molecular complexity index is 774. The normalized spacial score (nSPS) is 14.0. The van der Waals surface area contributed by atoms with Gasteiger partial charge in [0.05, 0.1) is 6.04 Å². The first-order valence-corrected chi connectivity index (χ1v) is 10.6. The molecule has 0 aromatic heterocycles. The number of nitrogens with two attached hydrogens (primary N) is 1. The number of ether oxygens (including phenoxy) is 2. The fourth-order valence-electron chi connectivity index (χ4n) is 2.94. The van der Waals surface area contributed by atoms with Crippen molar-refractivity contribution in [3.05, 3.63) is 35.9 Å². The van der Waals surface area contributed by atoms with Crippen molar-refractivity contribution in [1.82, 2.24) is 5.32 Å². The summed E-state index contributed by atoms with van der Waals surface area (Å²) in [5, 5.41) is 11.5. The molecule has 0 bridgehead atoms. The van der Waals surface area contributed by atoms with Crippen LogP contribution in [0.1, 0.15) is 58.9 Å². The number of carbonyl (C=O) groups is 4.